The molecule has 32 heavy (non-hydrogen) atoms. The maximum Gasteiger partial charge on any atom is 0.169 e. The molecule has 0 radical (unpaired) electrons. The maximum absolute atomic E-state index is 13.3. The second-order valence-corrected chi connectivity index (χ2v) is 7.92. The predicted octanol–water partition coefficient (Wildman–Crippen LogP) is 3.60. The number of halogens is 2. The third-order valence-electron chi connectivity index (χ3n) is 4.87. The van der Waals surface area contributed by atoms with Gasteiger partial charge in [0.2, 0.25) is 0 Å². The molecule has 2 unspecified atom stereocenters. The van der Waals surface area contributed by atoms with E-state index in [0.717, 1.165) is 34.7 Å². The van der Waals surface area contributed by atoms with Crippen molar-refractivity contribution in [2.75, 3.05) is 19.0 Å². The van der Waals surface area contributed by atoms with Gasteiger partial charge >= 0.3 is 0 Å². The van der Waals surface area contributed by atoms with Crippen molar-refractivity contribution in [1.29, 1.82) is 0 Å². The van der Waals surface area contributed by atoms with Gasteiger partial charge in [-0.1, -0.05) is 6.07 Å². The lowest BCUT2D eigenvalue weighted by atomic mass is 9.96. The molecule has 0 spiro atoms. The van der Waals surface area contributed by atoms with E-state index in [1.807, 2.05) is 13.1 Å². The van der Waals surface area contributed by atoms with E-state index >= 15 is 0 Å². The minimum absolute atomic E-state index is 0.0620. The summed E-state index contributed by atoms with van der Waals surface area (Å²) < 4.78 is 32.3. The highest BCUT2D eigenvalue weighted by atomic mass is 32.1. The monoisotopic (exact) mass is 463 g/mol. The van der Waals surface area contributed by atoms with Gasteiger partial charge in [-0.15, -0.1) is 11.3 Å². The van der Waals surface area contributed by atoms with E-state index in [-0.39, 0.29) is 35.1 Å². The van der Waals surface area contributed by atoms with Crippen molar-refractivity contribution in [3.8, 4) is 10.6 Å². The molecule has 3 aromatic rings. The average molecular weight is 464 g/mol. The number of rotatable bonds is 5. The van der Waals surface area contributed by atoms with Crippen molar-refractivity contribution in [3.63, 3.8) is 0 Å². The highest BCUT2D eigenvalue weighted by Crippen LogP contribution is 2.34. The largest absolute Gasteiger partial charge is 0.394 e. The number of aliphatic hydroxyl groups is 2. The number of nitrogens with zero attached hydrogens (tertiary/aromatic N) is 2. The average Bonchev–Trinajstić information content (AvgIpc) is 3.27. The molecule has 1 aliphatic heterocycles. The first-order valence-electron chi connectivity index (χ1n) is 9.87. The van der Waals surface area contributed by atoms with E-state index in [4.69, 9.17) is 9.84 Å². The van der Waals surface area contributed by atoms with Crippen LogP contribution in [0, 0.1) is 11.6 Å². The van der Waals surface area contributed by atoms with Gasteiger partial charge < -0.3 is 20.3 Å². The molecule has 1 saturated heterocycles. The standard InChI is InChI=1S/C12H18N2O3.C10H5F2NOS/c1-13-11-6-14-3-2-10(11)12-5-8(16)4-9(7-15)17-12;11-7-2-1-3-8(12)9(7)10-13-6(4-14)5-15-10/h2-3,6,8-9,12-13,15-16H,4-5,7H2,1H3;1-5H/t8?,9-,12?;/m0./s1. The zero-order chi connectivity index (χ0) is 23.1. The van der Waals surface area contributed by atoms with Crippen LogP contribution in [0.2, 0.25) is 0 Å². The van der Waals surface area contributed by atoms with Gasteiger partial charge in [0.05, 0.1) is 42.4 Å². The molecule has 2 aromatic heterocycles. The highest BCUT2D eigenvalue weighted by molar-refractivity contribution is 7.13. The van der Waals surface area contributed by atoms with Crippen LogP contribution in [-0.2, 0) is 4.74 Å². The second-order valence-electron chi connectivity index (χ2n) is 7.06. The Morgan fingerprint density at radius 3 is 2.66 bits per heavy atom. The minimum Gasteiger partial charge on any atom is -0.394 e. The lowest BCUT2D eigenvalue weighted by molar-refractivity contribution is -0.113. The molecular weight excluding hydrogens is 440 g/mol. The normalized spacial score (nSPS) is 20.2. The summed E-state index contributed by atoms with van der Waals surface area (Å²) in [5.41, 5.74) is 1.86. The van der Waals surface area contributed by atoms with Gasteiger partial charge in [-0.25, -0.2) is 13.8 Å². The number of aldehydes is 1. The van der Waals surface area contributed by atoms with E-state index in [9.17, 15) is 18.7 Å². The van der Waals surface area contributed by atoms with Gasteiger partial charge in [0.1, 0.15) is 22.3 Å². The smallest absolute Gasteiger partial charge is 0.169 e. The third kappa shape index (κ3) is 5.71. The highest BCUT2D eigenvalue weighted by Gasteiger charge is 2.30. The quantitative estimate of drug-likeness (QED) is 0.497. The molecule has 3 N–H and O–H groups in total. The molecule has 3 heterocycles. The number of pyridine rings is 1. The zero-order valence-corrected chi connectivity index (χ0v) is 18.1. The lowest BCUT2D eigenvalue weighted by Gasteiger charge is -2.33. The van der Waals surface area contributed by atoms with Crippen LogP contribution in [0.5, 0.6) is 0 Å². The van der Waals surface area contributed by atoms with Gasteiger partial charge in [0.25, 0.3) is 0 Å². The molecule has 1 aromatic carbocycles. The van der Waals surface area contributed by atoms with Gasteiger partial charge in [-0.05, 0) is 18.2 Å². The van der Waals surface area contributed by atoms with Crippen molar-refractivity contribution in [2.24, 2.45) is 0 Å². The number of ether oxygens (including phenoxy) is 1. The number of anilines is 1. The molecule has 0 amide bonds. The summed E-state index contributed by atoms with van der Waals surface area (Å²) in [6.07, 6.45) is 4.11. The van der Waals surface area contributed by atoms with Crippen LogP contribution < -0.4 is 5.32 Å². The number of aromatic nitrogens is 2. The molecule has 170 valence electrons. The SMILES string of the molecule is CNc1cnccc1C1CC(O)C[C@@H](CO)O1.O=Cc1csc(-c2c(F)cccc2F)n1. The summed E-state index contributed by atoms with van der Waals surface area (Å²) in [4.78, 5) is 18.2. The Hall–Kier alpha value is -2.79. The van der Waals surface area contributed by atoms with Crippen molar-refractivity contribution in [2.45, 2.75) is 31.2 Å². The van der Waals surface area contributed by atoms with Crippen molar-refractivity contribution < 1.29 is 28.5 Å². The first-order chi connectivity index (χ1) is 15.5. The fourth-order valence-electron chi connectivity index (χ4n) is 3.36. The summed E-state index contributed by atoms with van der Waals surface area (Å²) in [6.45, 7) is -0.0620. The van der Waals surface area contributed by atoms with Crippen LogP contribution in [-0.4, -0.2) is 52.3 Å². The van der Waals surface area contributed by atoms with Crippen molar-refractivity contribution in [3.05, 3.63) is 64.9 Å². The first-order valence-corrected chi connectivity index (χ1v) is 10.8. The third-order valence-corrected chi connectivity index (χ3v) is 5.75. The number of benzene rings is 1. The Morgan fingerprint density at radius 2 is 2.03 bits per heavy atom. The number of carbonyl (C=O) groups is 1. The van der Waals surface area contributed by atoms with Crippen LogP contribution in [0.4, 0.5) is 14.5 Å². The van der Waals surface area contributed by atoms with Gasteiger partial charge in [0, 0.05) is 37.0 Å². The van der Waals surface area contributed by atoms with E-state index in [1.165, 1.54) is 11.4 Å². The topological polar surface area (TPSA) is 105 Å². The molecule has 1 fully saturated rings. The number of nitrogens with one attached hydrogen (secondary N) is 1. The maximum atomic E-state index is 13.3. The Bertz CT molecular complexity index is 1030. The molecule has 3 atom stereocenters. The zero-order valence-electron chi connectivity index (χ0n) is 17.2. The molecule has 0 saturated carbocycles. The summed E-state index contributed by atoms with van der Waals surface area (Å²) in [5, 5.41) is 23.6. The summed E-state index contributed by atoms with van der Waals surface area (Å²) >= 11 is 1.03. The van der Waals surface area contributed by atoms with E-state index in [1.54, 1.807) is 12.4 Å². The summed E-state index contributed by atoms with van der Waals surface area (Å²) in [7, 11) is 1.82. The number of thiazole rings is 1. The number of hydrogen-bond acceptors (Lipinski definition) is 8. The lowest BCUT2D eigenvalue weighted by Crippen LogP contribution is -2.33. The van der Waals surface area contributed by atoms with Gasteiger partial charge in [-0.2, -0.15) is 0 Å². The van der Waals surface area contributed by atoms with Crippen molar-refractivity contribution >= 4 is 23.3 Å². The molecule has 7 nitrogen and oxygen atoms in total. The van der Waals surface area contributed by atoms with E-state index < -0.39 is 17.7 Å². The summed E-state index contributed by atoms with van der Waals surface area (Å²) in [5.74, 6) is -1.36. The second kappa shape index (κ2) is 11.2. The van der Waals surface area contributed by atoms with Crippen LogP contribution in [0.25, 0.3) is 10.6 Å². The molecule has 4 rings (SSSR count). The Balaban J connectivity index is 0.000000182. The fourth-order valence-corrected chi connectivity index (χ4v) is 4.17. The Kier molecular flexibility index (Phi) is 8.34. The number of carbonyl (C=O) groups excluding carboxylic acids is 1. The molecule has 10 heteroatoms. The molecular formula is C22H23F2N3O4S. The number of hydrogen-bond donors (Lipinski definition) is 3. The minimum atomic E-state index is -0.679. The Morgan fingerprint density at radius 1 is 1.28 bits per heavy atom. The van der Waals surface area contributed by atoms with Crippen LogP contribution in [0.1, 0.15) is 35.0 Å². The van der Waals surface area contributed by atoms with Crippen LogP contribution in [0.3, 0.4) is 0 Å². The fraction of sp³-hybridized carbons (Fsp3) is 0.318. The predicted molar refractivity (Wildman–Crippen MR) is 117 cm³/mol. The van der Waals surface area contributed by atoms with Gasteiger partial charge in [0.15, 0.2) is 6.29 Å². The first kappa shape index (κ1) is 23.9. The molecule has 0 bridgehead atoms. The van der Waals surface area contributed by atoms with Crippen LogP contribution in [0.15, 0.2) is 42.0 Å². The van der Waals surface area contributed by atoms with E-state index in [0.29, 0.717) is 19.1 Å². The molecule has 1 aliphatic rings. The Labute approximate surface area is 187 Å². The van der Waals surface area contributed by atoms with Crippen LogP contribution >= 0.6 is 11.3 Å². The summed E-state index contributed by atoms with van der Waals surface area (Å²) in [6, 6.07) is 5.46. The van der Waals surface area contributed by atoms with Crippen molar-refractivity contribution in [1.82, 2.24) is 9.97 Å². The van der Waals surface area contributed by atoms with Gasteiger partial charge in [-0.3, -0.25) is 9.78 Å². The molecule has 0 aliphatic carbocycles. The number of aliphatic hydroxyl groups excluding tert-OH is 2. The van der Waals surface area contributed by atoms with E-state index in [2.05, 4.69) is 15.3 Å².